The molecule has 0 amide bonds. The van der Waals surface area contributed by atoms with E-state index in [0.29, 0.717) is 17.8 Å². The molecule has 4 nitrogen and oxygen atoms in total. The summed E-state index contributed by atoms with van der Waals surface area (Å²) in [5.41, 5.74) is 1.46. The average Bonchev–Trinajstić information content (AvgIpc) is 2.78. The maximum absolute atomic E-state index is 13.5. The fraction of sp³-hybridized carbons (Fsp3) is 0.250. The Hall–Kier alpha value is -1.88. The van der Waals surface area contributed by atoms with Gasteiger partial charge in [-0.25, -0.2) is 9.37 Å². The maximum atomic E-state index is 13.5. The lowest BCUT2D eigenvalue weighted by atomic mass is 10.2. The third-order valence-corrected chi connectivity index (χ3v) is 2.43. The molecule has 0 aliphatic heterocycles. The number of rotatable bonds is 4. The zero-order chi connectivity index (χ0) is 12.3. The highest BCUT2D eigenvalue weighted by molar-refractivity contribution is 5.57. The van der Waals surface area contributed by atoms with Gasteiger partial charge in [0.2, 0.25) is 0 Å². The molecule has 1 aromatic heterocycles. The van der Waals surface area contributed by atoms with Crippen LogP contribution in [0.25, 0.3) is 11.4 Å². The number of aromatic nitrogens is 2. The zero-order valence-electron chi connectivity index (χ0n) is 9.40. The van der Waals surface area contributed by atoms with E-state index in [1.54, 1.807) is 18.3 Å². The number of H-pyrrole nitrogens is 1. The molecule has 0 spiro atoms. The fourth-order valence-corrected chi connectivity index (χ4v) is 1.57. The van der Waals surface area contributed by atoms with E-state index >= 15 is 0 Å². The lowest BCUT2D eigenvalue weighted by Crippen LogP contribution is -1.91. The first-order valence-corrected chi connectivity index (χ1v) is 5.23. The molecule has 0 bridgehead atoms. The lowest BCUT2D eigenvalue weighted by molar-refractivity contribution is 0.298. The molecule has 0 unspecified atom stereocenters. The number of nitrogens with zero attached hydrogens (tertiary/aromatic N) is 1. The number of imidazole rings is 1. The summed E-state index contributed by atoms with van der Waals surface area (Å²) >= 11 is 0. The molecule has 0 radical (unpaired) electrons. The van der Waals surface area contributed by atoms with Crippen molar-refractivity contribution in [2.45, 2.75) is 6.42 Å². The Morgan fingerprint density at radius 2 is 2.29 bits per heavy atom. The number of aliphatic hydroxyl groups excluding tert-OH is 1. The highest BCUT2D eigenvalue weighted by Gasteiger charge is 2.07. The third kappa shape index (κ3) is 2.45. The van der Waals surface area contributed by atoms with Gasteiger partial charge >= 0.3 is 0 Å². The molecular formula is C12H13FN2O2. The van der Waals surface area contributed by atoms with Gasteiger partial charge in [0.1, 0.15) is 5.82 Å². The van der Waals surface area contributed by atoms with Crippen molar-refractivity contribution in [3.8, 4) is 17.1 Å². The van der Waals surface area contributed by atoms with Crippen LogP contribution in [0, 0.1) is 5.82 Å². The Balaban J connectivity index is 2.29. The summed E-state index contributed by atoms with van der Waals surface area (Å²) < 4.78 is 18.3. The molecule has 5 heteroatoms. The molecule has 0 fully saturated rings. The number of benzene rings is 1. The monoisotopic (exact) mass is 236 g/mol. The van der Waals surface area contributed by atoms with Crippen molar-refractivity contribution in [3.63, 3.8) is 0 Å². The Morgan fingerprint density at radius 1 is 1.47 bits per heavy atom. The number of hydrogen-bond donors (Lipinski definition) is 2. The van der Waals surface area contributed by atoms with Crippen LogP contribution in [-0.2, 0) is 6.42 Å². The van der Waals surface area contributed by atoms with Crippen molar-refractivity contribution in [2.75, 3.05) is 13.7 Å². The van der Waals surface area contributed by atoms with E-state index in [1.165, 1.54) is 13.2 Å². The summed E-state index contributed by atoms with van der Waals surface area (Å²) in [7, 11) is 1.42. The fourth-order valence-electron chi connectivity index (χ4n) is 1.57. The van der Waals surface area contributed by atoms with Gasteiger partial charge in [0, 0.05) is 30.5 Å². The Bertz CT molecular complexity index is 511. The number of nitrogens with one attached hydrogen (secondary N) is 1. The summed E-state index contributed by atoms with van der Waals surface area (Å²) in [4.78, 5) is 7.14. The second-order valence-electron chi connectivity index (χ2n) is 3.58. The van der Waals surface area contributed by atoms with E-state index < -0.39 is 5.82 Å². The van der Waals surface area contributed by atoms with E-state index in [9.17, 15) is 4.39 Å². The van der Waals surface area contributed by atoms with Crippen LogP contribution in [0.15, 0.2) is 24.4 Å². The van der Waals surface area contributed by atoms with Crippen LogP contribution in [0.5, 0.6) is 5.75 Å². The van der Waals surface area contributed by atoms with Gasteiger partial charge in [-0.3, -0.25) is 0 Å². The van der Waals surface area contributed by atoms with Crippen molar-refractivity contribution in [1.29, 1.82) is 0 Å². The Morgan fingerprint density at radius 3 is 2.94 bits per heavy atom. The number of halogens is 1. The van der Waals surface area contributed by atoms with Gasteiger partial charge in [-0.05, 0) is 18.2 Å². The van der Waals surface area contributed by atoms with Gasteiger partial charge in [-0.2, -0.15) is 0 Å². The predicted octanol–water partition coefficient (Wildman–Crippen LogP) is 1.76. The number of aliphatic hydroxyl groups is 1. The molecule has 2 aromatic rings. The van der Waals surface area contributed by atoms with Gasteiger partial charge in [0.25, 0.3) is 0 Å². The molecule has 90 valence electrons. The molecule has 2 N–H and O–H groups in total. The number of ether oxygens (including phenoxy) is 1. The van der Waals surface area contributed by atoms with Gasteiger partial charge in [0.05, 0.1) is 7.11 Å². The second-order valence-corrected chi connectivity index (χ2v) is 3.58. The Labute approximate surface area is 98.1 Å². The largest absolute Gasteiger partial charge is 0.494 e. The minimum absolute atomic E-state index is 0.0542. The zero-order valence-corrected chi connectivity index (χ0v) is 9.40. The van der Waals surface area contributed by atoms with E-state index in [-0.39, 0.29) is 12.4 Å². The smallest absolute Gasteiger partial charge is 0.165 e. The Kier molecular flexibility index (Phi) is 3.39. The minimum atomic E-state index is -0.426. The predicted molar refractivity (Wildman–Crippen MR) is 61.3 cm³/mol. The van der Waals surface area contributed by atoms with Crippen molar-refractivity contribution < 1.29 is 14.2 Å². The van der Waals surface area contributed by atoms with Crippen molar-refractivity contribution >= 4 is 0 Å². The van der Waals surface area contributed by atoms with Crippen molar-refractivity contribution in [1.82, 2.24) is 9.97 Å². The highest BCUT2D eigenvalue weighted by atomic mass is 19.1. The molecule has 0 aliphatic carbocycles. The minimum Gasteiger partial charge on any atom is -0.494 e. The summed E-state index contributed by atoms with van der Waals surface area (Å²) in [6.45, 7) is 0.0542. The molecule has 0 aliphatic rings. The molecule has 2 rings (SSSR count). The molecule has 0 saturated heterocycles. The van der Waals surface area contributed by atoms with Crippen LogP contribution >= 0.6 is 0 Å². The topological polar surface area (TPSA) is 58.1 Å². The van der Waals surface area contributed by atoms with Gasteiger partial charge in [0.15, 0.2) is 11.6 Å². The summed E-state index contributed by atoms with van der Waals surface area (Å²) in [5.74, 6) is 0.357. The first kappa shape index (κ1) is 11.6. The van der Waals surface area contributed by atoms with E-state index in [4.69, 9.17) is 9.84 Å². The van der Waals surface area contributed by atoms with Crippen molar-refractivity contribution in [2.24, 2.45) is 0 Å². The van der Waals surface area contributed by atoms with Crippen LogP contribution in [0.2, 0.25) is 0 Å². The lowest BCUT2D eigenvalue weighted by Gasteiger charge is -2.03. The third-order valence-electron chi connectivity index (χ3n) is 2.43. The molecule has 1 heterocycles. The van der Waals surface area contributed by atoms with Crippen molar-refractivity contribution in [3.05, 3.63) is 35.9 Å². The first-order valence-electron chi connectivity index (χ1n) is 5.23. The summed E-state index contributed by atoms with van der Waals surface area (Å²) in [6.07, 6.45) is 2.14. The molecule has 0 saturated carbocycles. The summed E-state index contributed by atoms with van der Waals surface area (Å²) in [6, 6.07) is 4.64. The van der Waals surface area contributed by atoms with E-state index in [1.807, 2.05) is 0 Å². The number of aromatic amines is 1. The van der Waals surface area contributed by atoms with Crippen LogP contribution in [0.1, 0.15) is 5.69 Å². The SMILES string of the molecule is COc1ccc(-c2ncc(CCO)[nH]2)cc1F. The molecule has 17 heavy (non-hydrogen) atoms. The first-order chi connectivity index (χ1) is 8.24. The van der Waals surface area contributed by atoms with Gasteiger partial charge in [-0.15, -0.1) is 0 Å². The average molecular weight is 236 g/mol. The normalized spacial score (nSPS) is 10.5. The van der Waals surface area contributed by atoms with E-state index in [2.05, 4.69) is 9.97 Å². The van der Waals surface area contributed by atoms with Gasteiger partial charge in [-0.1, -0.05) is 0 Å². The standard InChI is InChI=1S/C12H13FN2O2/c1-17-11-3-2-8(6-10(11)13)12-14-7-9(15-12)4-5-16/h2-3,6-7,16H,4-5H2,1H3,(H,14,15). The van der Waals surface area contributed by atoms with E-state index in [0.717, 1.165) is 5.69 Å². The number of methoxy groups -OCH3 is 1. The van der Waals surface area contributed by atoms with Gasteiger partial charge < -0.3 is 14.8 Å². The molecule has 0 atom stereocenters. The summed E-state index contributed by atoms with van der Waals surface area (Å²) in [5, 5.41) is 8.79. The molecular weight excluding hydrogens is 223 g/mol. The second kappa shape index (κ2) is 4.97. The quantitative estimate of drug-likeness (QED) is 0.850. The van der Waals surface area contributed by atoms with Crippen LogP contribution in [0.4, 0.5) is 4.39 Å². The van der Waals surface area contributed by atoms with Crippen LogP contribution in [-0.4, -0.2) is 28.8 Å². The number of hydrogen-bond acceptors (Lipinski definition) is 3. The maximum Gasteiger partial charge on any atom is 0.165 e. The highest BCUT2D eigenvalue weighted by Crippen LogP contribution is 2.23. The van der Waals surface area contributed by atoms with Crippen LogP contribution in [0.3, 0.4) is 0 Å². The molecule has 1 aromatic carbocycles. The van der Waals surface area contributed by atoms with Crippen LogP contribution < -0.4 is 4.74 Å².